The number of nitrogens with one attached hydrogen (secondary N) is 1. The van der Waals surface area contributed by atoms with E-state index in [0.29, 0.717) is 6.04 Å². The van der Waals surface area contributed by atoms with Crippen molar-refractivity contribution in [1.82, 2.24) is 5.32 Å². The van der Waals surface area contributed by atoms with E-state index < -0.39 is 0 Å². The van der Waals surface area contributed by atoms with Gasteiger partial charge in [0.15, 0.2) is 0 Å². The molecule has 0 saturated carbocycles. The van der Waals surface area contributed by atoms with Gasteiger partial charge in [0.25, 0.3) is 0 Å². The van der Waals surface area contributed by atoms with Gasteiger partial charge in [-0.1, -0.05) is 30.3 Å². The first-order valence-corrected chi connectivity index (χ1v) is 7.35. The van der Waals surface area contributed by atoms with Gasteiger partial charge in [-0.15, -0.1) is 0 Å². The highest BCUT2D eigenvalue weighted by atomic mass is 16.6. The minimum Gasteiger partial charge on any atom is -0.378 e. The smallest absolute Gasteiger partial charge is 0.0951 e. The highest BCUT2D eigenvalue weighted by Crippen LogP contribution is 2.32. The zero-order valence-corrected chi connectivity index (χ0v) is 11.4. The Morgan fingerprint density at radius 2 is 2.11 bits per heavy atom. The summed E-state index contributed by atoms with van der Waals surface area (Å²) in [6.45, 7) is 3.55. The number of ether oxygens (including phenoxy) is 2. The molecule has 3 rings (SSSR count). The molecule has 2 unspecified atom stereocenters. The van der Waals surface area contributed by atoms with Crippen molar-refractivity contribution in [2.75, 3.05) is 26.4 Å². The molecule has 0 radical (unpaired) electrons. The van der Waals surface area contributed by atoms with Gasteiger partial charge in [-0.05, 0) is 31.4 Å². The summed E-state index contributed by atoms with van der Waals surface area (Å²) in [6.07, 6.45) is 4.38. The lowest BCUT2D eigenvalue weighted by Crippen LogP contribution is -2.47. The minimum atomic E-state index is 0.0165. The summed E-state index contributed by atoms with van der Waals surface area (Å²) in [5.41, 5.74) is 1.42. The first-order valence-electron chi connectivity index (χ1n) is 7.35. The summed E-state index contributed by atoms with van der Waals surface area (Å²) in [7, 11) is 0. The molecule has 2 heterocycles. The Morgan fingerprint density at radius 1 is 1.21 bits per heavy atom. The van der Waals surface area contributed by atoms with Gasteiger partial charge in [0.1, 0.15) is 0 Å². The Kier molecular flexibility index (Phi) is 4.16. The average Bonchev–Trinajstić information content (AvgIpc) is 2.88. The zero-order chi connectivity index (χ0) is 13.0. The van der Waals surface area contributed by atoms with Gasteiger partial charge in [0, 0.05) is 25.7 Å². The molecule has 2 atom stereocenters. The zero-order valence-electron chi connectivity index (χ0n) is 11.4. The van der Waals surface area contributed by atoms with E-state index in [4.69, 9.17) is 9.47 Å². The molecule has 1 spiro atoms. The maximum absolute atomic E-state index is 5.96. The summed E-state index contributed by atoms with van der Waals surface area (Å²) >= 11 is 0. The number of hydrogen-bond donors (Lipinski definition) is 1. The standard InChI is InChI=1S/C16H23NO2/c1-2-4-14(5-3-1)6-9-17-15-7-10-19-16(12-15)8-11-18-13-16/h1-5,15,17H,6-13H2. The molecule has 1 aromatic rings. The Morgan fingerprint density at radius 3 is 2.89 bits per heavy atom. The second-order valence-corrected chi connectivity index (χ2v) is 5.71. The lowest BCUT2D eigenvalue weighted by atomic mass is 9.89. The van der Waals surface area contributed by atoms with Crippen molar-refractivity contribution >= 4 is 0 Å². The molecular weight excluding hydrogens is 238 g/mol. The Balaban J connectivity index is 1.45. The molecule has 2 saturated heterocycles. The molecule has 0 aliphatic carbocycles. The summed E-state index contributed by atoms with van der Waals surface area (Å²) in [5, 5.41) is 3.69. The molecule has 2 aliphatic rings. The fourth-order valence-electron chi connectivity index (χ4n) is 3.13. The van der Waals surface area contributed by atoms with Crippen LogP contribution in [0, 0.1) is 0 Å². The van der Waals surface area contributed by atoms with Crippen LogP contribution in [0.1, 0.15) is 24.8 Å². The average molecular weight is 261 g/mol. The predicted molar refractivity (Wildman–Crippen MR) is 75.3 cm³/mol. The number of hydrogen-bond acceptors (Lipinski definition) is 3. The van der Waals surface area contributed by atoms with Crippen molar-refractivity contribution in [2.45, 2.75) is 37.3 Å². The molecule has 3 heteroatoms. The van der Waals surface area contributed by atoms with Gasteiger partial charge in [-0.3, -0.25) is 0 Å². The molecule has 3 nitrogen and oxygen atoms in total. The third-order valence-corrected chi connectivity index (χ3v) is 4.25. The van der Waals surface area contributed by atoms with Crippen LogP contribution in [-0.2, 0) is 15.9 Å². The minimum absolute atomic E-state index is 0.0165. The van der Waals surface area contributed by atoms with Gasteiger partial charge >= 0.3 is 0 Å². The van der Waals surface area contributed by atoms with Gasteiger partial charge in [0.05, 0.1) is 12.2 Å². The molecule has 104 valence electrons. The lowest BCUT2D eigenvalue weighted by Gasteiger charge is -2.37. The summed E-state index contributed by atoms with van der Waals surface area (Å²) in [5.74, 6) is 0. The van der Waals surface area contributed by atoms with E-state index in [9.17, 15) is 0 Å². The summed E-state index contributed by atoms with van der Waals surface area (Å²) in [6, 6.07) is 11.2. The van der Waals surface area contributed by atoms with Gasteiger partial charge in [-0.25, -0.2) is 0 Å². The maximum atomic E-state index is 5.96. The summed E-state index contributed by atoms with van der Waals surface area (Å²) in [4.78, 5) is 0. The fourth-order valence-corrected chi connectivity index (χ4v) is 3.13. The van der Waals surface area contributed by atoms with Crippen LogP contribution in [0.4, 0.5) is 0 Å². The molecule has 1 N–H and O–H groups in total. The Hall–Kier alpha value is -0.900. The van der Waals surface area contributed by atoms with Crippen LogP contribution in [0.2, 0.25) is 0 Å². The van der Waals surface area contributed by atoms with Crippen molar-refractivity contribution in [3.8, 4) is 0 Å². The fraction of sp³-hybridized carbons (Fsp3) is 0.625. The quantitative estimate of drug-likeness (QED) is 0.901. The van der Waals surface area contributed by atoms with Crippen molar-refractivity contribution < 1.29 is 9.47 Å². The second kappa shape index (κ2) is 6.04. The molecule has 2 fully saturated rings. The monoisotopic (exact) mass is 261 g/mol. The molecule has 0 bridgehead atoms. The maximum Gasteiger partial charge on any atom is 0.0951 e. The molecule has 1 aromatic carbocycles. The highest BCUT2D eigenvalue weighted by molar-refractivity contribution is 5.14. The topological polar surface area (TPSA) is 30.5 Å². The Bertz CT molecular complexity index is 387. The van der Waals surface area contributed by atoms with Crippen LogP contribution in [0.25, 0.3) is 0 Å². The molecular formula is C16H23NO2. The second-order valence-electron chi connectivity index (χ2n) is 5.71. The largest absolute Gasteiger partial charge is 0.378 e. The third kappa shape index (κ3) is 3.35. The van der Waals surface area contributed by atoms with E-state index in [2.05, 4.69) is 35.6 Å². The van der Waals surface area contributed by atoms with Crippen molar-refractivity contribution in [3.63, 3.8) is 0 Å². The van der Waals surface area contributed by atoms with Crippen LogP contribution in [0.15, 0.2) is 30.3 Å². The van der Waals surface area contributed by atoms with Crippen LogP contribution in [-0.4, -0.2) is 38.0 Å². The number of rotatable bonds is 4. The molecule has 19 heavy (non-hydrogen) atoms. The predicted octanol–water partition coefficient (Wildman–Crippen LogP) is 2.16. The van der Waals surface area contributed by atoms with Crippen LogP contribution in [0.5, 0.6) is 0 Å². The van der Waals surface area contributed by atoms with E-state index in [-0.39, 0.29) is 5.60 Å². The third-order valence-electron chi connectivity index (χ3n) is 4.25. The highest BCUT2D eigenvalue weighted by Gasteiger charge is 2.40. The van der Waals surface area contributed by atoms with E-state index in [1.807, 2.05) is 0 Å². The number of benzene rings is 1. The van der Waals surface area contributed by atoms with E-state index in [1.165, 1.54) is 5.56 Å². The van der Waals surface area contributed by atoms with Gasteiger partial charge in [0.2, 0.25) is 0 Å². The Labute approximate surface area is 115 Å². The van der Waals surface area contributed by atoms with Crippen LogP contribution >= 0.6 is 0 Å². The van der Waals surface area contributed by atoms with E-state index in [1.54, 1.807) is 0 Å². The van der Waals surface area contributed by atoms with Gasteiger partial charge < -0.3 is 14.8 Å². The lowest BCUT2D eigenvalue weighted by molar-refractivity contribution is -0.0891. The normalized spacial score (nSPS) is 30.8. The van der Waals surface area contributed by atoms with E-state index in [0.717, 1.165) is 52.0 Å². The SMILES string of the molecule is c1ccc(CCNC2CCOC3(CCOC3)C2)cc1. The first-order chi connectivity index (χ1) is 9.36. The summed E-state index contributed by atoms with van der Waals surface area (Å²) < 4.78 is 11.5. The molecule has 2 aliphatic heterocycles. The van der Waals surface area contributed by atoms with E-state index >= 15 is 0 Å². The molecule has 0 amide bonds. The molecule has 0 aromatic heterocycles. The van der Waals surface area contributed by atoms with Crippen LogP contribution in [0.3, 0.4) is 0 Å². The van der Waals surface area contributed by atoms with Crippen molar-refractivity contribution in [1.29, 1.82) is 0 Å². The van der Waals surface area contributed by atoms with Crippen LogP contribution < -0.4 is 5.32 Å². The van der Waals surface area contributed by atoms with Crippen molar-refractivity contribution in [2.24, 2.45) is 0 Å². The van der Waals surface area contributed by atoms with Gasteiger partial charge in [-0.2, -0.15) is 0 Å². The van der Waals surface area contributed by atoms with Crippen molar-refractivity contribution in [3.05, 3.63) is 35.9 Å². The first kappa shape index (κ1) is 13.1.